The third kappa shape index (κ3) is 3.57. The van der Waals surface area contributed by atoms with Crippen LogP contribution in [0, 0.1) is 5.82 Å². The lowest BCUT2D eigenvalue weighted by molar-refractivity contribution is 0.603. The summed E-state index contributed by atoms with van der Waals surface area (Å²) in [5.41, 5.74) is 1.85. The number of anilines is 1. The molecule has 0 saturated heterocycles. The molecule has 1 unspecified atom stereocenters. The molecule has 0 amide bonds. The van der Waals surface area contributed by atoms with Crippen molar-refractivity contribution >= 4 is 15.7 Å². The monoisotopic (exact) mass is 293 g/mol. The van der Waals surface area contributed by atoms with Crippen LogP contribution in [0.5, 0.6) is 0 Å². The topological polar surface area (TPSA) is 46.2 Å². The molecule has 0 spiro atoms. The Bertz CT molecular complexity index is 699. The van der Waals surface area contributed by atoms with Crippen molar-refractivity contribution in [2.75, 3.05) is 11.0 Å². The van der Waals surface area contributed by atoms with Crippen LogP contribution in [0.2, 0.25) is 0 Å². The van der Waals surface area contributed by atoms with Crippen molar-refractivity contribution in [2.24, 2.45) is 0 Å². The van der Waals surface area contributed by atoms with E-state index in [9.17, 15) is 12.8 Å². The first-order valence-corrected chi connectivity index (χ1v) is 8.08. The fraction of sp³-hybridized carbons (Fsp3) is 0.200. The first-order valence-electron chi connectivity index (χ1n) is 6.19. The van der Waals surface area contributed by atoms with Gasteiger partial charge >= 0.3 is 0 Å². The smallest absolute Gasteiger partial charge is 0.229 e. The molecule has 0 aliphatic rings. The van der Waals surface area contributed by atoms with E-state index < -0.39 is 15.8 Å². The van der Waals surface area contributed by atoms with Gasteiger partial charge in [-0.3, -0.25) is 4.72 Å². The first kappa shape index (κ1) is 14.5. The van der Waals surface area contributed by atoms with E-state index in [1.165, 1.54) is 12.1 Å². The van der Waals surface area contributed by atoms with Gasteiger partial charge in [0.15, 0.2) is 0 Å². The number of benzene rings is 2. The third-order valence-corrected chi connectivity index (χ3v) is 3.68. The Labute approximate surface area is 118 Å². The molecule has 5 heteroatoms. The molecule has 0 heterocycles. The van der Waals surface area contributed by atoms with Gasteiger partial charge in [-0.2, -0.15) is 0 Å². The molecular weight excluding hydrogens is 277 g/mol. The zero-order valence-electron chi connectivity index (χ0n) is 11.3. The van der Waals surface area contributed by atoms with Gasteiger partial charge in [-0.25, -0.2) is 12.8 Å². The van der Waals surface area contributed by atoms with Gasteiger partial charge in [0, 0.05) is 5.92 Å². The van der Waals surface area contributed by atoms with Gasteiger partial charge < -0.3 is 0 Å². The van der Waals surface area contributed by atoms with Crippen molar-refractivity contribution in [3.05, 3.63) is 65.5 Å². The number of halogens is 1. The average Bonchev–Trinajstić information content (AvgIpc) is 2.40. The summed E-state index contributed by atoms with van der Waals surface area (Å²) in [6, 6.07) is 14.3. The maximum absolute atomic E-state index is 13.9. The van der Waals surface area contributed by atoms with Crippen molar-refractivity contribution in [1.82, 2.24) is 0 Å². The summed E-state index contributed by atoms with van der Waals surface area (Å²) in [5, 5.41) is 0. The SMILES string of the molecule is CC(c1ccccc1)c1ccc(NS(C)(=O)=O)c(F)c1. The van der Waals surface area contributed by atoms with Crippen molar-refractivity contribution < 1.29 is 12.8 Å². The summed E-state index contributed by atoms with van der Waals surface area (Å²) in [6.45, 7) is 1.98. The van der Waals surface area contributed by atoms with E-state index in [-0.39, 0.29) is 11.6 Å². The second kappa shape index (κ2) is 5.63. The van der Waals surface area contributed by atoms with E-state index in [1.54, 1.807) is 6.07 Å². The van der Waals surface area contributed by atoms with Crippen LogP contribution in [-0.2, 0) is 10.0 Å². The minimum atomic E-state index is -3.47. The standard InChI is InChI=1S/C15H16FNO2S/c1-11(12-6-4-3-5-7-12)13-8-9-15(14(16)10-13)17-20(2,18)19/h3-11,17H,1-2H3. The highest BCUT2D eigenvalue weighted by Crippen LogP contribution is 2.27. The molecule has 0 aliphatic heterocycles. The van der Waals surface area contributed by atoms with Gasteiger partial charge in [0.1, 0.15) is 5.82 Å². The maximum atomic E-state index is 13.9. The Hall–Kier alpha value is -1.88. The lowest BCUT2D eigenvalue weighted by Gasteiger charge is -2.14. The summed E-state index contributed by atoms with van der Waals surface area (Å²) >= 11 is 0. The highest BCUT2D eigenvalue weighted by Gasteiger charge is 2.12. The summed E-state index contributed by atoms with van der Waals surface area (Å²) in [7, 11) is -3.47. The molecule has 1 N–H and O–H groups in total. The molecule has 2 aromatic rings. The first-order chi connectivity index (χ1) is 9.37. The van der Waals surface area contributed by atoms with Gasteiger partial charge in [0.2, 0.25) is 10.0 Å². The van der Waals surface area contributed by atoms with Crippen molar-refractivity contribution in [3.63, 3.8) is 0 Å². The molecule has 2 aromatic carbocycles. The molecule has 1 atom stereocenters. The number of hydrogen-bond acceptors (Lipinski definition) is 2. The van der Waals surface area contributed by atoms with Crippen molar-refractivity contribution in [3.8, 4) is 0 Å². The highest BCUT2D eigenvalue weighted by atomic mass is 32.2. The number of hydrogen-bond donors (Lipinski definition) is 1. The Morgan fingerprint density at radius 1 is 1.05 bits per heavy atom. The van der Waals surface area contributed by atoms with Crippen molar-refractivity contribution in [2.45, 2.75) is 12.8 Å². The molecular formula is C15H16FNO2S. The quantitative estimate of drug-likeness (QED) is 0.939. The molecule has 20 heavy (non-hydrogen) atoms. The largest absolute Gasteiger partial charge is 0.281 e. The van der Waals surface area contributed by atoms with Crippen LogP contribution >= 0.6 is 0 Å². The van der Waals surface area contributed by atoms with Crippen LogP contribution in [-0.4, -0.2) is 14.7 Å². The Kier molecular flexibility index (Phi) is 4.09. The molecule has 0 fully saturated rings. The molecule has 0 radical (unpaired) electrons. The Morgan fingerprint density at radius 2 is 1.70 bits per heavy atom. The summed E-state index contributed by atoms with van der Waals surface area (Å²) < 4.78 is 38.3. The van der Waals surface area contributed by atoms with Gasteiger partial charge in [-0.15, -0.1) is 0 Å². The van der Waals surface area contributed by atoms with Crippen LogP contribution in [0.3, 0.4) is 0 Å². The van der Waals surface area contributed by atoms with Crippen molar-refractivity contribution in [1.29, 1.82) is 0 Å². The molecule has 0 aromatic heterocycles. The minimum absolute atomic E-state index is 0.0310. The van der Waals surface area contributed by atoms with E-state index in [2.05, 4.69) is 4.72 Å². The molecule has 3 nitrogen and oxygen atoms in total. The summed E-state index contributed by atoms with van der Waals surface area (Å²) in [5.74, 6) is -0.534. The molecule has 0 aliphatic carbocycles. The van der Waals surface area contributed by atoms with Crippen LogP contribution in [0.15, 0.2) is 48.5 Å². The minimum Gasteiger partial charge on any atom is -0.281 e. The lowest BCUT2D eigenvalue weighted by Crippen LogP contribution is -2.11. The van der Waals surface area contributed by atoms with E-state index in [4.69, 9.17) is 0 Å². The van der Waals surface area contributed by atoms with Crippen LogP contribution < -0.4 is 4.72 Å². The van der Waals surface area contributed by atoms with Crippen LogP contribution in [0.4, 0.5) is 10.1 Å². The van der Waals surface area contributed by atoms with Crippen LogP contribution in [0.1, 0.15) is 24.0 Å². The Morgan fingerprint density at radius 3 is 2.25 bits per heavy atom. The number of rotatable bonds is 4. The molecule has 0 bridgehead atoms. The fourth-order valence-electron chi connectivity index (χ4n) is 2.02. The van der Waals surface area contributed by atoms with Crippen LogP contribution in [0.25, 0.3) is 0 Å². The number of nitrogens with one attached hydrogen (secondary N) is 1. The molecule has 0 saturated carbocycles. The summed E-state index contributed by atoms with van der Waals surface area (Å²) in [4.78, 5) is 0. The molecule has 106 valence electrons. The summed E-state index contributed by atoms with van der Waals surface area (Å²) in [6.07, 6.45) is 0.993. The second-order valence-corrected chi connectivity index (χ2v) is 6.49. The average molecular weight is 293 g/mol. The van der Waals surface area contributed by atoms with E-state index in [1.807, 2.05) is 37.3 Å². The predicted octanol–water partition coefficient (Wildman–Crippen LogP) is 3.35. The van der Waals surface area contributed by atoms with Gasteiger partial charge in [-0.05, 0) is 23.3 Å². The van der Waals surface area contributed by atoms with Gasteiger partial charge in [0.05, 0.1) is 11.9 Å². The lowest BCUT2D eigenvalue weighted by atomic mass is 9.93. The van der Waals surface area contributed by atoms with E-state index >= 15 is 0 Å². The second-order valence-electron chi connectivity index (χ2n) is 4.75. The molecule has 2 rings (SSSR count). The zero-order valence-corrected chi connectivity index (χ0v) is 12.1. The highest BCUT2D eigenvalue weighted by molar-refractivity contribution is 7.92. The Balaban J connectivity index is 2.30. The fourth-order valence-corrected chi connectivity index (χ4v) is 2.58. The third-order valence-electron chi connectivity index (χ3n) is 3.09. The van der Waals surface area contributed by atoms with E-state index in [0.717, 1.165) is 17.4 Å². The maximum Gasteiger partial charge on any atom is 0.229 e. The number of sulfonamides is 1. The zero-order chi connectivity index (χ0) is 14.8. The predicted molar refractivity (Wildman–Crippen MR) is 78.8 cm³/mol. The van der Waals surface area contributed by atoms with E-state index in [0.29, 0.717) is 0 Å². The van der Waals surface area contributed by atoms with Gasteiger partial charge in [-0.1, -0.05) is 43.3 Å². The normalized spacial score (nSPS) is 12.9. The van der Waals surface area contributed by atoms with Gasteiger partial charge in [0.25, 0.3) is 0 Å².